The number of nitrogens with one attached hydrogen (secondary N) is 1. The van der Waals surface area contributed by atoms with Gasteiger partial charge in [0.1, 0.15) is 5.82 Å². The van der Waals surface area contributed by atoms with Crippen LogP contribution in [0.1, 0.15) is 36.5 Å². The molecule has 1 aliphatic carbocycles. The van der Waals surface area contributed by atoms with Gasteiger partial charge in [-0.15, -0.1) is 11.8 Å². The van der Waals surface area contributed by atoms with Crippen LogP contribution >= 0.6 is 11.8 Å². The number of benzene rings is 1. The Morgan fingerprint density at radius 2 is 2.12 bits per heavy atom. The van der Waals surface area contributed by atoms with Crippen molar-refractivity contribution < 1.29 is 13.7 Å². The van der Waals surface area contributed by atoms with Crippen LogP contribution < -0.4 is 5.32 Å². The highest BCUT2D eigenvalue weighted by Crippen LogP contribution is 2.43. The monoisotopic (exact) mass is 349 g/mol. The average molecular weight is 349 g/mol. The number of rotatable bonds is 7. The summed E-state index contributed by atoms with van der Waals surface area (Å²) in [6.45, 7) is 2.33. The number of hydrogen-bond donors (Lipinski definition) is 1. The largest absolute Gasteiger partial charge is 0.354 e. The van der Waals surface area contributed by atoms with Gasteiger partial charge in [0.05, 0.1) is 11.5 Å². The molecule has 1 aliphatic rings. The Morgan fingerprint density at radius 1 is 1.38 bits per heavy atom. The molecule has 24 heavy (non-hydrogen) atoms. The minimum Gasteiger partial charge on any atom is -0.354 e. The molecule has 5 nitrogen and oxygen atoms in total. The van der Waals surface area contributed by atoms with Crippen LogP contribution in [0.25, 0.3) is 0 Å². The first kappa shape index (κ1) is 17.0. The molecule has 0 atom stereocenters. The molecular weight excluding hydrogens is 329 g/mol. The molecule has 0 radical (unpaired) electrons. The standard InChI is InChI=1S/C17H20FN3O2S/c1-12-20-15(21-23-12)9-24-10-16(22)19-11-17(7-2-8-17)13-3-5-14(18)6-4-13/h3-6H,2,7-11H2,1H3,(H,19,22). The molecule has 3 rings (SSSR count). The zero-order valence-electron chi connectivity index (χ0n) is 13.5. The fourth-order valence-electron chi connectivity index (χ4n) is 2.93. The van der Waals surface area contributed by atoms with Crippen molar-refractivity contribution in [3.63, 3.8) is 0 Å². The van der Waals surface area contributed by atoms with Gasteiger partial charge in [-0.1, -0.05) is 23.7 Å². The highest BCUT2D eigenvalue weighted by molar-refractivity contribution is 7.99. The molecule has 1 aromatic carbocycles. The van der Waals surface area contributed by atoms with Crippen molar-refractivity contribution in [2.45, 2.75) is 37.4 Å². The van der Waals surface area contributed by atoms with Crippen molar-refractivity contribution in [3.8, 4) is 0 Å². The molecule has 1 fully saturated rings. The summed E-state index contributed by atoms with van der Waals surface area (Å²) in [6, 6.07) is 6.63. The first-order chi connectivity index (χ1) is 11.6. The zero-order valence-corrected chi connectivity index (χ0v) is 14.4. The van der Waals surface area contributed by atoms with Crippen molar-refractivity contribution in [2.75, 3.05) is 12.3 Å². The predicted molar refractivity (Wildman–Crippen MR) is 90.1 cm³/mol. The maximum absolute atomic E-state index is 13.1. The van der Waals surface area contributed by atoms with Gasteiger partial charge in [-0.2, -0.15) is 4.98 Å². The van der Waals surface area contributed by atoms with Crippen molar-refractivity contribution in [2.24, 2.45) is 0 Å². The van der Waals surface area contributed by atoms with Gasteiger partial charge in [-0.25, -0.2) is 4.39 Å². The highest BCUT2D eigenvalue weighted by Gasteiger charge is 2.38. The predicted octanol–water partition coefficient (Wildman–Crippen LogP) is 2.99. The summed E-state index contributed by atoms with van der Waals surface area (Å²) >= 11 is 1.46. The van der Waals surface area contributed by atoms with Crippen LogP contribution in [0.4, 0.5) is 4.39 Å². The van der Waals surface area contributed by atoms with E-state index >= 15 is 0 Å². The summed E-state index contributed by atoms with van der Waals surface area (Å²) in [5.74, 6) is 1.80. The van der Waals surface area contributed by atoms with Crippen LogP contribution in [0, 0.1) is 12.7 Å². The van der Waals surface area contributed by atoms with Crippen molar-refractivity contribution >= 4 is 17.7 Å². The number of aryl methyl sites for hydroxylation is 1. The zero-order chi connectivity index (χ0) is 17.0. The molecule has 0 aliphatic heterocycles. The lowest BCUT2D eigenvalue weighted by molar-refractivity contribution is -0.119. The molecule has 2 aromatic rings. The second-order valence-corrected chi connectivity index (χ2v) is 7.13. The van der Waals surface area contributed by atoms with Crippen LogP contribution in [0.2, 0.25) is 0 Å². The Hall–Kier alpha value is -1.89. The van der Waals surface area contributed by atoms with E-state index in [4.69, 9.17) is 4.52 Å². The molecule has 128 valence electrons. The molecule has 1 amide bonds. The smallest absolute Gasteiger partial charge is 0.230 e. The SMILES string of the molecule is Cc1nc(CSCC(=O)NCC2(c3ccc(F)cc3)CCC2)no1. The summed E-state index contributed by atoms with van der Waals surface area (Å²) in [4.78, 5) is 16.2. The topological polar surface area (TPSA) is 68.0 Å². The van der Waals surface area contributed by atoms with E-state index in [0.29, 0.717) is 29.8 Å². The Kier molecular flexibility index (Phi) is 5.18. The van der Waals surface area contributed by atoms with E-state index in [0.717, 1.165) is 24.8 Å². The van der Waals surface area contributed by atoms with Crippen LogP contribution in [-0.4, -0.2) is 28.3 Å². The number of thioether (sulfide) groups is 1. The maximum Gasteiger partial charge on any atom is 0.230 e. The lowest BCUT2D eigenvalue weighted by atomic mass is 9.64. The Bertz CT molecular complexity index is 698. The Balaban J connectivity index is 1.46. The quantitative estimate of drug-likeness (QED) is 0.832. The molecule has 0 bridgehead atoms. The molecule has 1 N–H and O–H groups in total. The second-order valence-electron chi connectivity index (χ2n) is 6.14. The van der Waals surface area contributed by atoms with Gasteiger partial charge in [0.15, 0.2) is 5.82 Å². The molecule has 7 heteroatoms. The number of halogens is 1. The van der Waals surface area contributed by atoms with Crippen molar-refractivity contribution in [1.82, 2.24) is 15.5 Å². The van der Waals surface area contributed by atoms with Crippen molar-refractivity contribution in [1.29, 1.82) is 0 Å². The fraction of sp³-hybridized carbons (Fsp3) is 0.471. The summed E-state index contributed by atoms with van der Waals surface area (Å²) in [5, 5.41) is 6.81. The fourth-order valence-corrected chi connectivity index (χ4v) is 3.62. The molecular formula is C17H20FN3O2S. The van der Waals surface area contributed by atoms with Crippen LogP contribution in [0.15, 0.2) is 28.8 Å². The molecule has 1 aromatic heterocycles. The highest BCUT2D eigenvalue weighted by atomic mass is 32.2. The lowest BCUT2D eigenvalue weighted by Gasteiger charge is -2.42. The molecule has 0 unspecified atom stereocenters. The van der Waals surface area contributed by atoms with Gasteiger partial charge in [0.25, 0.3) is 0 Å². The maximum atomic E-state index is 13.1. The lowest BCUT2D eigenvalue weighted by Crippen LogP contribution is -2.46. The third kappa shape index (κ3) is 3.95. The van der Waals surface area contributed by atoms with Gasteiger partial charge in [-0.3, -0.25) is 4.79 Å². The minimum absolute atomic E-state index is 0.00592. The van der Waals surface area contributed by atoms with Crippen LogP contribution in [0.5, 0.6) is 0 Å². The molecule has 0 spiro atoms. The van der Waals surface area contributed by atoms with E-state index in [1.54, 1.807) is 6.92 Å². The molecule has 1 saturated carbocycles. The average Bonchev–Trinajstić information content (AvgIpc) is 2.93. The van der Waals surface area contributed by atoms with Crippen molar-refractivity contribution in [3.05, 3.63) is 47.4 Å². The number of amides is 1. The third-order valence-corrected chi connectivity index (χ3v) is 5.35. The van der Waals surface area contributed by atoms with Gasteiger partial charge in [0, 0.05) is 18.9 Å². The molecule has 0 saturated heterocycles. The summed E-state index contributed by atoms with van der Waals surface area (Å²) in [7, 11) is 0. The number of carbonyl (C=O) groups is 1. The molecule has 1 heterocycles. The van der Waals surface area contributed by atoms with E-state index in [1.807, 2.05) is 12.1 Å². The van der Waals surface area contributed by atoms with Gasteiger partial charge in [0.2, 0.25) is 11.8 Å². The van der Waals surface area contributed by atoms with Crippen LogP contribution in [0.3, 0.4) is 0 Å². The number of nitrogens with zero attached hydrogens (tertiary/aromatic N) is 2. The number of aromatic nitrogens is 2. The Labute approximate surface area is 144 Å². The summed E-state index contributed by atoms with van der Waals surface area (Å²) in [6.07, 6.45) is 3.18. The van der Waals surface area contributed by atoms with Gasteiger partial charge < -0.3 is 9.84 Å². The normalized spacial score (nSPS) is 15.8. The van der Waals surface area contributed by atoms with E-state index in [-0.39, 0.29) is 17.1 Å². The summed E-state index contributed by atoms with van der Waals surface area (Å²) < 4.78 is 18.0. The van der Waals surface area contributed by atoms with Gasteiger partial charge >= 0.3 is 0 Å². The van der Waals surface area contributed by atoms with E-state index in [1.165, 1.54) is 23.9 Å². The number of carbonyl (C=O) groups excluding carboxylic acids is 1. The first-order valence-corrected chi connectivity index (χ1v) is 9.13. The van der Waals surface area contributed by atoms with Crippen LogP contribution in [-0.2, 0) is 16.0 Å². The summed E-state index contributed by atoms with van der Waals surface area (Å²) in [5.41, 5.74) is 1.06. The van der Waals surface area contributed by atoms with E-state index < -0.39 is 0 Å². The number of hydrogen-bond acceptors (Lipinski definition) is 5. The second kappa shape index (κ2) is 7.34. The minimum atomic E-state index is -0.231. The Morgan fingerprint density at radius 3 is 2.71 bits per heavy atom. The van der Waals surface area contributed by atoms with E-state index in [2.05, 4.69) is 15.5 Å². The third-order valence-electron chi connectivity index (χ3n) is 4.43. The van der Waals surface area contributed by atoms with Gasteiger partial charge in [-0.05, 0) is 30.5 Å². The first-order valence-electron chi connectivity index (χ1n) is 7.97. The van der Waals surface area contributed by atoms with E-state index in [9.17, 15) is 9.18 Å².